The second-order valence-corrected chi connectivity index (χ2v) is 4.96. The normalized spacial score (nSPS) is 11.0. The van der Waals surface area contributed by atoms with Crippen LogP contribution in [0.1, 0.15) is 37.0 Å². The number of nitrogens with one attached hydrogen (secondary N) is 2. The predicted octanol–water partition coefficient (Wildman–Crippen LogP) is 1.23. The van der Waals surface area contributed by atoms with Gasteiger partial charge in [0.1, 0.15) is 5.56 Å². The van der Waals surface area contributed by atoms with Gasteiger partial charge in [0.2, 0.25) is 0 Å². The molecule has 0 aromatic carbocycles. The summed E-state index contributed by atoms with van der Waals surface area (Å²) < 4.78 is 0. The number of pyridine rings is 1. The zero-order chi connectivity index (χ0) is 14.3. The number of carbonyl (C=O) groups is 1. The highest BCUT2D eigenvalue weighted by Gasteiger charge is 2.08. The highest BCUT2D eigenvalue weighted by Crippen LogP contribution is 1.97. The molecule has 0 radical (unpaired) electrons. The number of aromatic nitrogens is 1. The van der Waals surface area contributed by atoms with Crippen LogP contribution < -0.4 is 10.7 Å². The smallest absolute Gasteiger partial charge is 0.256 e. The highest BCUT2D eigenvalue weighted by atomic mass is 16.2. The maximum absolute atomic E-state index is 11.7. The van der Waals surface area contributed by atoms with Gasteiger partial charge in [-0.2, -0.15) is 0 Å². The molecule has 0 aliphatic heterocycles. The lowest BCUT2D eigenvalue weighted by molar-refractivity contribution is 0.0951. The minimum absolute atomic E-state index is 0.168. The van der Waals surface area contributed by atoms with Gasteiger partial charge in [0.05, 0.1) is 0 Å². The fourth-order valence-corrected chi connectivity index (χ4v) is 1.64. The van der Waals surface area contributed by atoms with Gasteiger partial charge < -0.3 is 15.2 Å². The molecule has 1 rings (SSSR count). The molecule has 0 atom stereocenters. The summed E-state index contributed by atoms with van der Waals surface area (Å²) >= 11 is 0. The molecule has 0 bridgehead atoms. The van der Waals surface area contributed by atoms with Crippen molar-refractivity contribution in [1.29, 1.82) is 0 Å². The van der Waals surface area contributed by atoms with E-state index in [9.17, 15) is 9.59 Å². The van der Waals surface area contributed by atoms with Crippen molar-refractivity contribution in [2.24, 2.45) is 0 Å². The van der Waals surface area contributed by atoms with E-state index in [2.05, 4.69) is 36.1 Å². The van der Waals surface area contributed by atoms with Crippen LogP contribution in [0.15, 0.2) is 23.3 Å². The summed E-state index contributed by atoms with van der Waals surface area (Å²) in [5, 5.41) is 2.77. The molecule has 0 aliphatic carbocycles. The number of aromatic amines is 1. The SMILES string of the molecule is CC(C)N(C)CCCCNC(=O)c1c[nH]ccc1=O. The van der Waals surface area contributed by atoms with E-state index >= 15 is 0 Å². The Morgan fingerprint density at radius 1 is 1.42 bits per heavy atom. The number of carbonyl (C=O) groups excluding carboxylic acids is 1. The van der Waals surface area contributed by atoms with Crippen molar-refractivity contribution in [3.8, 4) is 0 Å². The third-order valence-corrected chi connectivity index (χ3v) is 3.17. The maximum atomic E-state index is 11.7. The van der Waals surface area contributed by atoms with Crippen molar-refractivity contribution in [2.75, 3.05) is 20.1 Å². The Labute approximate surface area is 114 Å². The van der Waals surface area contributed by atoms with Gasteiger partial charge in [-0.25, -0.2) is 0 Å². The highest BCUT2D eigenvalue weighted by molar-refractivity contribution is 5.93. The molecule has 0 aliphatic rings. The Morgan fingerprint density at radius 3 is 2.79 bits per heavy atom. The van der Waals surface area contributed by atoms with Crippen LogP contribution in [0.5, 0.6) is 0 Å². The van der Waals surface area contributed by atoms with Gasteiger partial charge in [-0.15, -0.1) is 0 Å². The van der Waals surface area contributed by atoms with Crippen molar-refractivity contribution in [3.63, 3.8) is 0 Å². The first-order chi connectivity index (χ1) is 9.02. The second-order valence-electron chi connectivity index (χ2n) is 4.96. The minimum Gasteiger partial charge on any atom is -0.367 e. The lowest BCUT2D eigenvalue weighted by Crippen LogP contribution is -2.30. The van der Waals surface area contributed by atoms with Crippen molar-refractivity contribution < 1.29 is 4.79 Å². The van der Waals surface area contributed by atoms with Gasteiger partial charge in [-0.05, 0) is 40.3 Å². The Bertz CT molecular complexity index is 454. The van der Waals surface area contributed by atoms with Crippen molar-refractivity contribution in [1.82, 2.24) is 15.2 Å². The van der Waals surface area contributed by atoms with Gasteiger partial charge in [0.15, 0.2) is 5.43 Å². The topological polar surface area (TPSA) is 65.2 Å². The number of hydrogen-bond acceptors (Lipinski definition) is 3. The summed E-state index contributed by atoms with van der Waals surface area (Å²) in [6.45, 7) is 5.92. The molecule has 0 unspecified atom stereocenters. The van der Waals surface area contributed by atoms with Crippen LogP contribution in [-0.2, 0) is 0 Å². The number of hydrogen-bond donors (Lipinski definition) is 2. The van der Waals surface area contributed by atoms with Crippen molar-refractivity contribution in [3.05, 3.63) is 34.2 Å². The number of rotatable bonds is 7. The summed E-state index contributed by atoms with van der Waals surface area (Å²) in [4.78, 5) is 28.2. The van der Waals surface area contributed by atoms with E-state index in [0.717, 1.165) is 19.4 Å². The van der Waals surface area contributed by atoms with Gasteiger partial charge >= 0.3 is 0 Å². The molecule has 0 fully saturated rings. The fourth-order valence-electron chi connectivity index (χ4n) is 1.64. The number of H-pyrrole nitrogens is 1. The Balaban J connectivity index is 2.25. The molecule has 19 heavy (non-hydrogen) atoms. The lowest BCUT2D eigenvalue weighted by Gasteiger charge is -2.20. The third kappa shape index (κ3) is 5.26. The Morgan fingerprint density at radius 2 is 2.16 bits per heavy atom. The van der Waals surface area contributed by atoms with Crippen molar-refractivity contribution in [2.45, 2.75) is 32.7 Å². The zero-order valence-corrected chi connectivity index (χ0v) is 11.9. The van der Waals surface area contributed by atoms with Crippen LogP contribution in [0, 0.1) is 0 Å². The summed E-state index contributed by atoms with van der Waals surface area (Å²) in [5.41, 5.74) is -0.0856. The van der Waals surface area contributed by atoms with Gasteiger partial charge in [0, 0.05) is 31.0 Å². The molecule has 1 heterocycles. The first-order valence-electron chi connectivity index (χ1n) is 6.68. The van der Waals surface area contributed by atoms with Crippen LogP contribution >= 0.6 is 0 Å². The molecule has 0 saturated heterocycles. The molecule has 5 heteroatoms. The molecule has 1 aromatic heterocycles. The molecule has 0 spiro atoms. The van der Waals surface area contributed by atoms with Crippen LogP contribution in [0.3, 0.4) is 0 Å². The minimum atomic E-state index is -0.306. The monoisotopic (exact) mass is 265 g/mol. The molecule has 2 N–H and O–H groups in total. The van der Waals surface area contributed by atoms with Crippen LogP contribution in [-0.4, -0.2) is 42.0 Å². The largest absolute Gasteiger partial charge is 0.367 e. The third-order valence-electron chi connectivity index (χ3n) is 3.17. The van der Waals surface area contributed by atoms with E-state index in [4.69, 9.17) is 0 Å². The van der Waals surface area contributed by atoms with Gasteiger partial charge in [-0.1, -0.05) is 0 Å². The quantitative estimate of drug-likeness (QED) is 0.729. The van der Waals surface area contributed by atoms with Crippen molar-refractivity contribution >= 4 is 5.91 Å². The summed E-state index contributed by atoms with van der Waals surface area (Å²) in [7, 11) is 2.09. The number of nitrogens with zero attached hydrogens (tertiary/aromatic N) is 1. The van der Waals surface area contributed by atoms with Gasteiger partial charge in [0.25, 0.3) is 5.91 Å². The maximum Gasteiger partial charge on any atom is 0.256 e. The first-order valence-corrected chi connectivity index (χ1v) is 6.68. The van der Waals surface area contributed by atoms with E-state index in [1.807, 2.05) is 0 Å². The fraction of sp³-hybridized carbons (Fsp3) is 0.571. The standard InChI is InChI=1S/C14H23N3O2/c1-11(2)17(3)9-5-4-7-16-14(19)12-10-15-8-6-13(12)18/h6,8,10-11H,4-5,7,9H2,1-3H3,(H,15,18)(H,16,19). The van der Waals surface area contributed by atoms with Crippen LogP contribution in [0.4, 0.5) is 0 Å². The van der Waals surface area contributed by atoms with Crippen LogP contribution in [0.25, 0.3) is 0 Å². The van der Waals surface area contributed by atoms with E-state index in [1.165, 1.54) is 18.5 Å². The Hall–Kier alpha value is -1.62. The first kappa shape index (κ1) is 15.4. The average Bonchev–Trinajstić information content (AvgIpc) is 2.38. The van der Waals surface area contributed by atoms with E-state index in [1.54, 1.807) is 0 Å². The molecule has 106 valence electrons. The summed E-state index contributed by atoms with van der Waals surface area (Å²) in [6.07, 6.45) is 4.89. The van der Waals surface area contributed by atoms with E-state index in [0.29, 0.717) is 12.6 Å². The van der Waals surface area contributed by atoms with Crippen LogP contribution in [0.2, 0.25) is 0 Å². The molecular formula is C14H23N3O2. The van der Waals surface area contributed by atoms with E-state index in [-0.39, 0.29) is 16.9 Å². The summed E-state index contributed by atoms with van der Waals surface area (Å²) in [5.74, 6) is -0.306. The van der Waals surface area contributed by atoms with Gasteiger partial charge in [-0.3, -0.25) is 9.59 Å². The lowest BCUT2D eigenvalue weighted by atomic mass is 10.2. The predicted molar refractivity (Wildman–Crippen MR) is 76.4 cm³/mol. The second kappa shape index (κ2) is 7.74. The molecular weight excluding hydrogens is 242 g/mol. The zero-order valence-electron chi connectivity index (χ0n) is 11.9. The average molecular weight is 265 g/mol. The molecule has 1 aromatic rings. The molecule has 1 amide bonds. The molecule has 0 saturated carbocycles. The number of amides is 1. The summed E-state index contributed by atoms with van der Waals surface area (Å²) in [6, 6.07) is 1.89. The van der Waals surface area contributed by atoms with E-state index < -0.39 is 0 Å². The Kier molecular flexibility index (Phi) is 6.29. The number of unbranched alkanes of at least 4 members (excludes halogenated alkanes) is 1. The molecule has 5 nitrogen and oxygen atoms in total.